The molecule has 0 fully saturated rings. The second-order valence-corrected chi connectivity index (χ2v) is 14.5. The maximum absolute atomic E-state index is 11.7. The van der Waals surface area contributed by atoms with Crippen LogP contribution in [-0.4, -0.2) is 49.9 Å². The van der Waals surface area contributed by atoms with E-state index in [2.05, 4.69) is 53.0 Å². The second kappa shape index (κ2) is 33.8. The fourth-order valence-electron chi connectivity index (χ4n) is 6.63. The average Bonchev–Trinajstić information content (AvgIpc) is 3.00. The number of thiol groups is 2. The fraction of sp³-hybridized carbons (Fsp3) is 0.947. The van der Waals surface area contributed by atoms with Crippen LogP contribution < -0.4 is 0 Å². The number of hydrogen-bond donors (Lipinski definition) is 2. The van der Waals surface area contributed by atoms with Crippen LogP contribution in [0.15, 0.2) is 0 Å². The first kappa shape index (κ1) is 44.9. The van der Waals surface area contributed by atoms with E-state index in [9.17, 15) is 9.59 Å². The minimum absolute atomic E-state index is 0.0166. The molecular formula is C38H74O5S2. The Morgan fingerprint density at radius 1 is 0.400 bits per heavy atom. The van der Waals surface area contributed by atoms with Crippen LogP contribution >= 0.6 is 25.3 Å². The van der Waals surface area contributed by atoms with Crippen molar-refractivity contribution in [2.24, 2.45) is 23.7 Å². The molecule has 0 aromatic carbocycles. The standard InChI is InChI=1S/C38H74O5S2/c1-5-9-17-33(15-7-3)19-11-13-21-35(31-37(39)44)23-25-41-27-29-43-30-28-42-26-24-36(32-38(40)45)22-14-12-20-34(16-8-4)18-10-6-2/h33-36H,5-32H2,1-4H3,(H,39,44)(H,40,45). The number of rotatable bonds is 36. The van der Waals surface area contributed by atoms with E-state index >= 15 is 0 Å². The molecule has 0 aliphatic carbocycles. The summed E-state index contributed by atoms with van der Waals surface area (Å²) in [6.07, 6.45) is 25.8. The van der Waals surface area contributed by atoms with Crippen molar-refractivity contribution in [1.82, 2.24) is 0 Å². The lowest BCUT2D eigenvalue weighted by Crippen LogP contribution is -2.14. The Bertz CT molecular complexity index is 608. The van der Waals surface area contributed by atoms with E-state index in [1.165, 1.54) is 103 Å². The summed E-state index contributed by atoms with van der Waals surface area (Å²) >= 11 is 8.09. The van der Waals surface area contributed by atoms with Gasteiger partial charge in [0.2, 0.25) is 0 Å². The summed E-state index contributed by atoms with van der Waals surface area (Å²) in [4.78, 5) is 23.3. The molecule has 0 bridgehead atoms. The van der Waals surface area contributed by atoms with Crippen LogP contribution in [0.5, 0.6) is 0 Å². The van der Waals surface area contributed by atoms with Gasteiger partial charge in [0, 0.05) is 26.1 Å². The van der Waals surface area contributed by atoms with Gasteiger partial charge in [-0.1, -0.05) is 130 Å². The number of carbonyl (C=O) groups is 2. The zero-order chi connectivity index (χ0) is 33.4. The van der Waals surface area contributed by atoms with Gasteiger partial charge >= 0.3 is 0 Å². The third-order valence-electron chi connectivity index (χ3n) is 9.29. The summed E-state index contributed by atoms with van der Waals surface area (Å²) in [6.45, 7) is 12.7. The molecule has 0 rings (SSSR count). The number of unbranched alkanes of at least 4 members (excludes halogenated alkanes) is 4. The molecule has 0 aromatic heterocycles. The first-order chi connectivity index (χ1) is 21.9. The van der Waals surface area contributed by atoms with Gasteiger partial charge in [-0.05, 0) is 49.4 Å². The minimum Gasteiger partial charge on any atom is -0.379 e. The quantitative estimate of drug-likeness (QED) is 0.0511. The van der Waals surface area contributed by atoms with Crippen LogP contribution in [-0.2, 0) is 23.8 Å². The largest absolute Gasteiger partial charge is 0.379 e. The predicted molar refractivity (Wildman–Crippen MR) is 199 cm³/mol. The lowest BCUT2D eigenvalue weighted by atomic mass is 9.89. The Morgan fingerprint density at radius 2 is 0.711 bits per heavy atom. The van der Waals surface area contributed by atoms with E-state index in [4.69, 9.17) is 14.2 Å². The van der Waals surface area contributed by atoms with Crippen LogP contribution in [0.4, 0.5) is 0 Å². The van der Waals surface area contributed by atoms with Gasteiger partial charge in [-0.3, -0.25) is 9.59 Å². The van der Waals surface area contributed by atoms with E-state index in [1.807, 2.05) is 0 Å². The van der Waals surface area contributed by atoms with E-state index in [1.54, 1.807) is 0 Å². The van der Waals surface area contributed by atoms with Crippen molar-refractivity contribution >= 4 is 35.5 Å². The highest BCUT2D eigenvalue weighted by atomic mass is 32.1. The second-order valence-electron chi connectivity index (χ2n) is 13.5. The molecule has 45 heavy (non-hydrogen) atoms. The Hall–Kier alpha value is -0.0800. The van der Waals surface area contributed by atoms with Gasteiger partial charge in [0.25, 0.3) is 0 Å². The van der Waals surface area contributed by atoms with E-state index in [0.29, 0.717) is 64.3 Å². The molecule has 0 aromatic rings. The number of carbonyl (C=O) groups excluding carboxylic acids is 2. The Labute approximate surface area is 290 Å². The molecule has 0 heterocycles. The first-order valence-electron chi connectivity index (χ1n) is 19.0. The van der Waals surface area contributed by atoms with E-state index < -0.39 is 0 Å². The maximum Gasteiger partial charge on any atom is 0.186 e. The summed E-state index contributed by atoms with van der Waals surface area (Å²) in [5.41, 5.74) is 0. The molecule has 268 valence electrons. The highest BCUT2D eigenvalue weighted by Crippen LogP contribution is 2.26. The first-order valence-corrected chi connectivity index (χ1v) is 19.9. The van der Waals surface area contributed by atoms with Crippen molar-refractivity contribution in [1.29, 1.82) is 0 Å². The molecule has 7 heteroatoms. The summed E-state index contributed by atoms with van der Waals surface area (Å²) in [7, 11) is 0. The summed E-state index contributed by atoms with van der Waals surface area (Å²) in [5, 5.41) is -0.0333. The van der Waals surface area contributed by atoms with Crippen molar-refractivity contribution in [2.75, 3.05) is 39.6 Å². The van der Waals surface area contributed by atoms with Gasteiger partial charge in [-0.25, -0.2) is 0 Å². The summed E-state index contributed by atoms with van der Waals surface area (Å²) in [5.74, 6) is 2.45. The molecule has 0 N–H and O–H groups in total. The number of ether oxygens (including phenoxy) is 3. The van der Waals surface area contributed by atoms with Crippen molar-refractivity contribution < 1.29 is 23.8 Å². The van der Waals surface area contributed by atoms with Gasteiger partial charge in [-0.2, -0.15) is 0 Å². The van der Waals surface area contributed by atoms with Crippen molar-refractivity contribution in [3.05, 3.63) is 0 Å². The lowest BCUT2D eigenvalue weighted by molar-refractivity contribution is -0.112. The maximum atomic E-state index is 11.7. The third kappa shape index (κ3) is 31.0. The molecule has 4 unspecified atom stereocenters. The van der Waals surface area contributed by atoms with Crippen LogP contribution in [0.3, 0.4) is 0 Å². The Morgan fingerprint density at radius 3 is 1.02 bits per heavy atom. The molecule has 0 radical (unpaired) electrons. The van der Waals surface area contributed by atoms with E-state index in [0.717, 1.165) is 37.5 Å². The van der Waals surface area contributed by atoms with E-state index in [-0.39, 0.29) is 10.2 Å². The molecule has 0 saturated heterocycles. The zero-order valence-corrected chi connectivity index (χ0v) is 31.8. The predicted octanol–water partition coefficient (Wildman–Crippen LogP) is 11.1. The smallest absolute Gasteiger partial charge is 0.186 e. The van der Waals surface area contributed by atoms with Gasteiger partial charge in [0.1, 0.15) is 0 Å². The van der Waals surface area contributed by atoms with Crippen LogP contribution in [0.2, 0.25) is 0 Å². The minimum atomic E-state index is -0.0166. The molecule has 0 spiro atoms. The van der Waals surface area contributed by atoms with Crippen LogP contribution in [0.25, 0.3) is 0 Å². The highest BCUT2D eigenvalue weighted by molar-refractivity contribution is 7.96. The Balaban J connectivity index is 4.00. The van der Waals surface area contributed by atoms with Gasteiger partial charge in [0.15, 0.2) is 10.2 Å². The summed E-state index contributed by atoms with van der Waals surface area (Å²) in [6, 6.07) is 0. The monoisotopic (exact) mass is 674 g/mol. The zero-order valence-electron chi connectivity index (χ0n) is 30.0. The van der Waals surface area contributed by atoms with Crippen LogP contribution in [0.1, 0.15) is 169 Å². The van der Waals surface area contributed by atoms with Crippen LogP contribution in [0, 0.1) is 23.7 Å². The Kier molecular flexibility index (Phi) is 33.7. The molecule has 0 amide bonds. The van der Waals surface area contributed by atoms with Crippen molar-refractivity contribution in [3.8, 4) is 0 Å². The van der Waals surface area contributed by atoms with Crippen molar-refractivity contribution in [2.45, 2.75) is 169 Å². The van der Waals surface area contributed by atoms with Gasteiger partial charge in [0.05, 0.1) is 26.4 Å². The summed E-state index contributed by atoms with van der Waals surface area (Å²) < 4.78 is 17.3. The molecule has 5 nitrogen and oxygen atoms in total. The molecule has 4 atom stereocenters. The van der Waals surface area contributed by atoms with Gasteiger partial charge < -0.3 is 14.2 Å². The SMILES string of the molecule is CCCCC(CCC)CCCCC(CCOCCOCCOCCC(CCCCC(CCC)CCCC)CC(=O)S)CC(=O)S. The topological polar surface area (TPSA) is 61.8 Å². The molecule has 0 aliphatic heterocycles. The molecular weight excluding hydrogens is 601 g/mol. The van der Waals surface area contributed by atoms with Crippen molar-refractivity contribution in [3.63, 3.8) is 0 Å². The third-order valence-corrected chi connectivity index (χ3v) is 9.65. The lowest BCUT2D eigenvalue weighted by Gasteiger charge is -2.18. The molecule has 0 aliphatic rings. The normalized spacial score (nSPS) is 14.4. The highest BCUT2D eigenvalue weighted by Gasteiger charge is 2.15. The fourth-order valence-corrected chi connectivity index (χ4v) is 7.15. The molecule has 0 saturated carbocycles. The average molecular weight is 675 g/mol. The van der Waals surface area contributed by atoms with Gasteiger partial charge in [-0.15, -0.1) is 25.3 Å². The number of hydrogen-bond acceptors (Lipinski definition) is 5.